The van der Waals surface area contributed by atoms with Gasteiger partial charge in [-0.3, -0.25) is 9.48 Å². The van der Waals surface area contributed by atoms with Crippen molar-refractivity contribution >= 4 is 5.91 Å². The molecule has 1 amide bonds. The lowest BCUT2D eigenvalue weighted by Crippen LogP contribution is -2.38. The molecular weight excluding hydrogens is 383 g/mol. The minimum atomic E-state index is -0.409. The molecule has 2 aromatic carbocycles. The van der Waals surface area contributed by atoms with Crippen molar-refractivity contribution < 1.29 is 13.7 Å². The molecule has 0 N–H and O–H groups in total. The molecule has 1 atom stereocenters. The minimum Gasteiger partial charge on any atom is -0.350 e. The van der Waals surface area contributed by atoms with Crippen LogP contribution in [-0.4, -0.2) is 32.3 Å². The third kappa shape index (κ3) is 3.18. The minimum absolute atomic E-state index is 0.0153. The van der Waals surface area contributed by atoms with Crippen LogP contribution in [0.1, 0.15) is 33.2 Å². The number of fused-ring (bicyclic) bond motifs is 1. The molecule has 0 saturated heterocycles. The zero-order valence-electron chi connectivity index (χ0n) is 16.3. The molecule has 6 nitrogen and oxygen atoms in total. The molecule has 4 aromatic rings. The first kappa shape index (κ1) is 18.3. The number of halogens is 1. The lowest BCUT2D eigenvalue weighted by Gasteiger charge is -2.33. The molecule has 3 heterocycles. The molecule has 150 valence electrons. The molecular formula is C23H19FN4O2. The Morgan fingerprint density at radius 2 is 1.97 bits per heavy atom. The maximum absolute atomic E-state index is 14.1. The van der Waals surface area contributed by atoms with Gasteiger partial charge in [0, 0.05) is 43.9 Å². The van der Waals surface area contributed by atoms with Gasteiger partial charge in [-0.05, 0) is 28.8 Å². The Morgan fingerprint density at radius 3 is 2.77 bits per heavy atom. The maximum Gasteiger partial charge on any atom is 0.292 e. The van der Waals surface area contributed by atoms with Crippen LogP contribution in [0.5, 0.6) is 0 Å². The van der Waals surface area contributed by atoms with Crippen LogP contribution < -0.4 is 0 Å². The van der Waals surface area contributed by atoms with Gasteiger partial charge in [0.05, 0.1) is 6.20 Å². The summed E-state index contributed by atoms with van der Waals surface area (Å²) in [5, 5.41) is 8.20. The lowest BCUT2D eigenvalue weighted by atomic mass is 9.86. The van der Waals surface area contributed by atoms with Crippen LogP contribution in [-0.2, 0) is 13.6 Å². The molecule has 0 radical (unpaired) electrons. The summed E-state index contributed by atoms with van der Waals surface area (Å²) in [4.78, 5) is 14.9. The highest BCUT2D eigenvalue weighted by Gasteiger charge is 2.32. The van der Waals surface area contributed by atoms with E-state index in [1.54, 1.807) is 27.8 Å². The molecule has 7 heteroatoms. The van der Waals surface area contributed by atoms with Gasteiger partial charge in [-0.2, -0.15) is 5.10 Å². The van der Waals surface area contributed by atoms with Crippen LogP contribution in [0.4, 0.5) is 4.39 Å². The standard InChI is InChI=1S/C23H19FN4O2/c1-27-12-16(11-25-27)19-14-28(13-15-6-2-3-7-17(15)19)23(29)22-10-21(26-30-22)18-8-4-5-9-20(18)24/h2-12,19H,13-14H2,1H3. The number of carbonyl (C=O) groups excluding carboxylic acids is 1. The first-order chi connectivity index (χ1) is 14.6. The highest BCUT2D eigenvalue weighted by atomic mass is 19.1. The quantitative estimate of drug-likeness (QED) is 0.520. The number of amides is 1. The van der Waals surface area contributed by atoms with Crippen LogP contribution >= 0.6 is 0 Å². The van der Waals surface area contributed by atoms with E-state index in [0.29, 0.717) is 24.3 Å². The number of aryl methyl sites for hydroxylation is 1. The van der Waals surface area contributed by atoms with E-state index in [1.165, 1.54) is 17.7 Å². The van der Waals surface area contributed by atoms with Gasteiger partial charge in [-0.25, -0.2) is 4.39 Å². The van der Waals surface area contributed by atoms with E-state index in [2.05, 4.69) is 16.3 Å². The predicted molar refractivity (Wildman–Crippen MR) is 108 cm³/mol. The Balaban J connectivity index is 1.46. The molecule has 5 rings (SSSR count). The highest BCUT2D eigenvalue weighted by molar-refractivity contribution is 5.92. The summed E-state index contributed by atoms with van der Waals surface area (Å²) in [5.41, 5.74) is 3.93. The summed E-state index contributed by atoms with van der Waals surface area (Å²) in [5.74, 6) is -0.569. The summed E-state index contributed by atoms with van der Waals surface area (Å²) in [6, 6.07) is 15.9. The smallest absolute Gasteiger partial charge is 0.292 e. The summed E-state index contributed by atoms with van der Waals surface area (Å²) in [7, 11) is 1.87. The first-order valence-corrected chi connectivity index (χ1v) is 9.67. The second-order valence-electron chi connectivity index (χ2n) is 7.44. The molecule has 1 unspecified atom stereocenters. The Bertz CT molecular complexity index is 1230. The number of rotatable bonds is 3. The van der Waals surface area contributed by atoms with E-state index in [-0.39, 0.29) is 17.6 Å². The second kappa shape index (κ2) is 7.26. The predicted octanol–water partition coefficient (Wildman–Crippen LogP) is 4.00. The van der Waals surface area contributed by atoms with Crippen molar-refractivity contribution in [2.45, 2.75) is 12.5 Å². The normalized spacial score (nSPS) is 15.8. The number of aromatic nitrogens is 3. The van der Waals surface area contributed by atoms with Crippen molar-refractivity contribution in [2.75, 3.05) is 6.54 Å². The van der Waals surface area contributed by atoms with Crippen LogP contribution in [0, 0.1) is 5.82 Å². The average molecular weight is 402 g/mol. The lowest BCUT2D eigenvalue weighted by molar-refractivity contribution is 0.0683. The molecule has 1 aliphatic heterocycles. The molecule has 0 aliphatic carbocycles. The first-order valence-electron chi connectivity index (χ1n) is 9.67. The van der Waals surface area contributed by atoms with Crippen LogP contribution in [0.15, 0.2) is 71.5 Å². The zero-order chi connectivity index (χ0) is 20.7. The van der Waals surface area contributed by atoms with E-state index in [1.807, 2.05) is 37.6 Å². The Kier molecular flexibility index (Phi) is 4.43. The molecule has 0 bridgehead atoms. The van der Waals surface area contributed by atoms with Crippen molar-refractivity contribution in [3.8, 4) is 11.3 Å². The van der Waals surface area contributed by atoms with Crippen LogP contribution in [0.25, 0.3) is 11.3 Å². The maximum atomic E-state index is 14.1. The van der Waals surface area contributed by atoms with Gasteiger partial charge in [-0.15, -0.1) is 0 Å². The zero-order valence-corrected chi connectivity index (χ0v) is 16.3. The van der Waals surface area contributed by atoms with Crippen molar-refractivity contribution in [3.05, 3.63) is 95.3 Å². The Labute approximate surface area is 172 Å². The van der Waals surface area contributed by atoms with Gasteiger partial charge in [0.2, 0.25) is 5.76 Å². The van der Waals surface area contributed by atoms with Gasteiger partial charge in [0.15, 0.2) is 0 Å². The third-order valence-corrected chi connectivity index (χ3v) is 5.48. The summed E-state index contributed by atoms with van der Waals surface area (Å²) < 4.78 is 21.1. The summed E-state index contributed by atoms with van der Waals surface area (Å²) in [6.07, 6.45) is 3.81. The van der Waals surface area contributed by atoms with Gasteiger partial charge in [0.1, 0.15) is 11.5 Å². The van der Waals surface area contributed by atoms with Crippen molar-refractivity contribution in [2.24, 2.45) is 7.05 Å². The summed E-state index contributed by atoms with van der Waals surface area (Å²) >= 11 is 0. The van der Waals surface area contributed by atoms with E-state index in [9.17, 15) is 9.18 Å². The van der Waals surface area contributed by atoms with Gasteiger partial charge in [0.25, 0.3) is 5.91 Å². The number of hydrogen-bond donors (Lipinski definition) is 0. The SMILES string of the molecule is Cn1cc(C2CN(C(=O)c3cc(-c4ccccc4F)no3)Cc3ccccc32)cn1. The van der Waals surface area contributed by atoms with E-state index in [4.69, 9.17) is 4.52 Å². The largest absolute Gasteiger partial charge is 0.350 e. The number of carbonyl (C=O) groups is 1. The van der Waals surface area contributed by atoms with Crippen molar-refractivity contribution in [3.63, 3.8) is 0 Å². The molecule has 0 spiro atoms. The molecule has 0 fully saturated rings. The fourth-order valence-corrected chi connectivity index (χ4v) is 3.99. The molecule has 2 aromatic heterocycles. The number of nitrogens with zero attached hydrogens (tertiary/aromatic N) is 4. The van der Waals surface area contributed by atoms with E-state index in [0.717, 1.165) is 11.1 Å². The fraction of sp³-hybridized carbons (Fsp3) is 0.174. The molecule has 1 aliphatic rings. The monoisotopic (exact) mass is 402 g/mol. The number of benzene rings is 2. The Morgan fingerprint density at radius 1 is 1.17 bits per heavy atom. The molecule has 0 saturated carbocycles. The summed E-state index contributed by atoms with van der Waals surface area (Å²) in [6.45, 7) is 0.971. The highest BCUT2D eigenvalue weighted by Crippen LogP contribution is 2.34. The van der Waals surface area contributed by atoms with Crippen LogP contribution in [0.3, 0.4) is 0 Å². The second-order valence-corrected chi connectivity index (χ2v) is 7.44. The number of hydrogen-bond acceptors (Lipinski definition) is 4. The van der Waals surface area contributed by atoms with Crippen molar-refractivity contribution in [1.82, 2.24) is 19.8 Å². The Hall–Kier alpha value is -3.74. The van der Waals surface area contributed by atoms with Gasteiger partial charge in [-0.1, -0.05) is 41.6 Å². The average Bonchev–Trinajstić information content (AvgIpc) is 3.42. The van der Waals surface area contributed by atoms with Gasteiger partial charge < -0.3 is 9.42 Å². The topological polar surface area (TPSA) is 64.2 Å². The van der Waals surface area contributed by atoms with E-state index < -0.39 is 5.82 Å². The third-order valence-electron chi connectivity index (χ3n) is 5.48. The molecule has 30 heavy (non-hydrogen) atoms. The van der Waals surface area contributed by atoms with E-state index >= 15 is 0 Å². The fourth-order valence-electron chi connectivity index (χ4n) is 3.99. The van der Waals surface area contributed by atoms with Crippen molar-refractivity contribution in [1.29, 1.82) is 0 Å². The van der Waals surface area contributed by atoms with Crippen LogP contribution in [0.2, 0.25) is 0 Å². The van der Waals surface area contributed by atoms with Gasteiger partial charge >= 0.3 is 0 Å².